The van der Waals surface area contributed by atoms with Crippen molar-refractivity contribution in [1.29, 1.82) is 0 Å². The lowest BCUT2D eigenvalue weighted by atomic mass is 10.1. The average molecular weight is 429 g/mol. The summed E-state index contributed by atoms with van der Waals surface area (Å²) in [5.41, 5.74) is 1.72. The van der Waals surface area contributed by atoms with E-state index in [1.807, 2.05) is 48.5 Å². The summed E-state index contributed by atoms with van der Waals surface area (Å²) in [5.74, 6) is 0. The highest BCUT2D eigenvalue weighted by atomic mass is 35.5. The molecule has 0 aliphatic carbocycles. The number of methoxy groups -OCH3 is 1. The van der Waals surface area contributed by atoms with Gasteiger partial charge in [-0.15, -0.1) is 11.8 Å². The smallest absolute Gasteiger partial charge is 0.131 e. The summed E-state index contributed by atoms with van der Waals surface area (Å²) < 4.78 is 17.2. The zero-order valence-electron chi connectivity index (χ0n) is 14.9. The number of benzene rings is 2. The quantitative estimate of drug-likeness (QED) is 0.668. The van der Waals surface area contributed by atoms with Crippen LogP contribution in [0.15, 0.2) is 48.5 Å². The van der Waals surface area contributed by atoms with Crippen LogP contribution in [0.25, 0.3) is 0 Å². The zero-order valence-corrected chi connectivity index (χ0v) is 17.2. The molecule has 7 heteroatoms. The van der Waals surface area contributed by atoms with Crippen molar-refractivity contribution in [3.63, 3.8) is 0 Å². The average Bonchev–Trinajstić information content (AvgIpc) is 2.98. The van der Waals surface area contributed by atoms with E-state index in [1.54, 1.807) is 7.11 Å². The fraction of sp³-hybridized carbons (Fsp3) is 0.400. The molecule has 1 fully saturated rings. The molecule has 1 saturated heterocycles. The number of aliphatic hydroxyl groups excluding tert-OH is 1. The molecular weight excluding hydrogens is 407 g/mol. The molecule has 1 unspecified atom stereocenters. The lowest BCUT2D eigenvalue weighted by Crippen LogP contribution is -2.37. The molecule has 3 rings (SSSR count). The summed E-state index contributed by atoms with van der Waals surface area (Å²) in [7, 11) is 1.59. The zero-order chi connectivity index (χ0) is 19.2. The van der Waals surface area contributed by atoms with Gasteiger partial charge in [0, 0.05) is 17.2 Å². The molecule has 4 atom stereocenters. The Kier molecular flexibility index (Phi) is 7.85. The van der Waals surface area contributed by atoms with Gasteiger partial charge in [-0.3, -0.25) is 0 Å². The van der Waals surface area contributed by atoms with E-state index < -0.39 is 6.10 Å². The number of hydrogen-bond acceptors (Lipinski definition) is 5. The van der Waals surface area contributed by atoms with Crippen molar-refractivity contribution in [3.05, 3.63) is 69.7 Å². The first kappa shape index (κ1) is 20.9. The second kappa shape index (κ2) is 10.1. The molecule has 2 aromatic rings. The molecule has 1 aliphatic heterocycles. The molecule has 4 nitrogen and oxygen atoms in total. The second-order valence-corrected chi connectivity index (χ2v) is 8.53. The Hall–Kier alpha value is -0.790. The summed E-state index contributed by atoms with van der Waals surface area (Å²) in [6, 6.07) is 15.0. The summed E-state index contributed by atoms with van der Waals surface area (Å²) in [5, 5.41) is 11.9. The maximum atomic E-state index is 10.5. The molecule has 2 aromatic carbocycles. The number of ether oxygens (including phenoxy) is 3. The molecule has 1 aliphatic rings. The molecule has 0 saturated carbocycles. The van der Waals surface area contributed by atoms with Crippen molar-refractivity contribution in [2.24, 2.45) is 0 Å². The van der Waals surface area contributed by atoms with Crippen molar-refractivity contribution in [2.45, 2.75) is 36.1 Å². The molecule has 0 bridgehead atoms. The van der Waals surface area contributed by atoms with Gasteiger partial charge in [0.15, 0.2) is 0 Å². The lowest BCUT2D eigenvalue weighted by molar-refractivity contribution is -0.0767. The van der Waals surface area contributed by atoms with E-state index in [0.717, 1.165) is 11.1 Å². The third-order valence-electron chi connectivity index (χ3n) is 4.34. The monoisotopic (exact) mass is 428 g/mol. The van der Waals surface area contributed by atoms with Crippen LogP contribution in [0.2, 0.25) is 10.0 Å². The normalized spacial score (nSPS) is 25.0. The van der Waals surface area contributed by atoms with Crippen LogP contribution in [0.5, 0.6) is 0 Å². The predicted molar refractivity (Wildman–Crippen MR) is 109 cm³/mol. The van der Waals surface area contributed by atoms with E-state index in [4.69, 9.17) is 37.4 Å². The molecule has 1 N–H and O–H groups in total. The SMILES string of the molecule is COC1S[C@H](COCc2ccc(Cl)cc2)[C@@H](OCc2ccc(Cl)cc2)[C@@H]1O. The lowest BCUT2D eigenvalue weighted by Gasteiger charge is -2.22. The number of thioether (sulfide) groups is 1. The Morgan fingerprint density at radius 2 is 1.48 bits per heavy atom. The summed E-state index contributed by atoms with van der Waals surface area (Å²) >= 11 is 13.4. The first-order chi connectivity index (χ1) is 13.1. The molecule has 146 valence electrons. The molecule has 0 aromatic heterocycles. The minimum atomic E-state index is -0.712. The van der Waals surface area contributed by atoms with E-state index in [0.29, 0.717) is 29.9 Å². The molecule has 0 radical (unpaired) electrons. The Morgan fingerprint density at radius 1 is 0.926 bits per heavy atom. The highest BCUT2D eigenvalue weighted by Gasteiger charge is 2.44. The van der Waals surface area contributed by atoms with Crippen molar-refractivity contribution < 1.29 is 19.3 Å². The number of halogens is 2. The van der Waals surface area contributed by atoms with Gasteiger partial charge >= 0.3 is 0 Å². The van der Waals surface area contributed by atoms with Gasteiger partial charge in [-0.1, -0.05) is 47.5 Å². The van der Waals surface area contributed by atoms with E-state index in [-0.39, 0.29) is 16.8 Å². The summed E-state index contributed by atoms with van der Waals surface area (Å²) in [6.45, 7) is 1.32. The van der Waals surface area contributed by atoms with E-state index >= 15 is 0 Å². The predicted octanol–water partition coefficient (Wildman–Crippen LogP) is 4.54. The van der Waals surface area contributed by atoms with Crippen molar-refractivity contribution in [1.82, 2.24) is 0 Å². The van der Waals surface area contributed by atoms with Crippen LogP contribution in [0.4, 0.5) is 0 Å². The Bertz CT molecular complexity index is 711. The van der Waals surface area contributed by atoms with Gasteiger partial charge < -0.3 is 19.3 Å². The topological polar surface area (TPSA) is 47.9 Å². The third-order valence-corrected chi connectivity index (χ3v) is 6.34. The Balaban J connectivity index is 1.55. The molecule has 1 heterocycles. The maximum Gasteiger partial charge on any atom is 0.131 e. The van der Waals surface area contributed by atoms with Gasteiger partial charge in [0.1, 0.15) is 17.6 Å². The van der Waals surface area contributed by atoms with Crippen LogP contribution >= 0.6 is 35.0 Å². The van der Waals surface area contributed by atoms with Crippen molar-refractivity contribution >= 4 is 35.0 Å². The van der Waals surface area contributed by atoms with Crippen molar-refractivity contribution in [3.8, 4) is 0 Å². The summed E-state index contributed by atoms with van der Waals surface area (Å²) in [6.07, 6.45) is -1.09. The van der Waals surface area contributed by atoms with Crippen molar-refractivity contribution in [2.75, 3.05) is 13.7 Å². The number of rotatable bonds is 8. The molecule has 0 spiro atoms. The molecule has 0 amide bonds. The van der Waals surface area contributed by atoms with Gasteiger partial charge in [-0.05, 0) is 35.4 Å². The van der Waals surface area contributed by atoms with Gasteiger partial charge in [-0.25, -0.2) is 0 Å². The first-order valence-corrected chi connectivity index (χ1v) is 10.3. The van der Waals surface area contributed by atoms with E-state index in [1.165, 1.54) is 11.8 Å². The molecule has 27 heavy (non-hydrogen) atoms. The van der Waals surface area contributed by atoms with Gasteiger partial charge in [-0.2, -0.15) is 0 Å². The van der Waals surface area contributed by atoms with Crippen LogP contribution in [0, 0.1) is 0 Å². The van der Waals surface area contributed by atoms with Crippen LogP contribution in [-0.2, 0) is 27.4 Å². The maximum absolute atomic E-state index is 10.5. The minimum absolute atomic E-state index is 0.0236. The third kappa shape index (κ3) is 5.84. The van der Waals surface area contributed by atoms with Crippen LogP contribution in [0.3, 0.4) is 0 Å². The fourth-order valence-corrected chi connectivity index (χ4v) is 4.48. The van der Waals surface area contributed by atoms with E-state index in [2.05, 4.69) is 0 Å². The number of hydrogen-bond donors (Lipinski definition) is 1. The standard InChI is InChI=1S/C20H22Cl2O4S/c1-24-20-18(23)19(26-11-14-4-8-16(22)9-5-14)17(27-20)12-25-10-13-2-6-15(21)7-3-13/h2-9,17-20,23H,10-12H2,1H3/t17-,18+,19-,20?/m1/s1. The van der Waals surface area contributed by atoms with Gasteiger partial charge in [0.05, 0.1) is 25.1 Å². The number of aliphatic hydroxyl groups is 1. The fourth-order valence-electron chi connectivity index (χ4n) is 2.89. The van der Waals surface area contributed by atoms with Crippen LogP contribution < -0.4 is 0 Å². The minimum Gasteiger partial charge on any atom is -0.387 e. The van der Waals surface area contributed by atoms with Crippen LogP contribution in [0.1, 0.15) is 11.1 Å². The Labute approximate surface area is 173 Å². The largest absolute Gasteiger partial charge is 0.387 e. The van der Waals surface area contributed by atoms with Crippen LogP contribution in [-0.4, -0.2) is 41.7 Å². The summed E-state index contributed by atoms with van der Waals surface area (Å²) in [4.78, 5) is 0. The Morgan fingerprint density at radius 3 is 2.04 bits per heavy atom. The van der Waals surface area contributed by atoms with E-state index in [9.17, 15) is 5.11 Å². The first-order valence-electron chi connectivity index (χ1n) is 8.61. The highest BCUT2D eigenvalue weighted by Crippen LogP contribution is 2.37. The second-order valence-electron chi connectivity index (χ2n) is 6.31. The van der Waals surface area contributed by atoms with Gasteiger partial charge in [0.2, 0.25) is 0 Å². The highest BCUT2D eigenvalue weighted by molar-refractivity contribution is 8.00. The van der Waals surface area contributed by atoms with Gasteiger partial charge in [0.25, 0.3) is 0 Å². The molecular formula is C20H22Cl2O4S.